The van der Waals surface area contributed by atoms with E-state index in [9.17, 15) is 9.67 Å². The van der Waals surface area contributed by atoms with E-state index in [0.717, 1.165) is 11.1 Å². The summed E-state index contributed by atoms with van der Waals surface area (Å²) in [6, 6.07) is 18.7. The number of imidazole rings is 1. The maximum absolute atomic E-state index is 13.8. The highest BCUT2D eigenvalue weighted by molar-refractivity contribution is 7.48. The summed E-state index contributed by atoms with van der Waals surface area (Å²) in [5.74, 6) is 0.585. The monoisotopic (exact) mass is 525 g/mol. The molecule has 0 unspecified atom stereocenters. The average molecular weight is 526 g/mol. The van der Waals surface area contributed by atoms with Gasteiger partial charge in [0.15, 0.2) is 11.5 Å². The van der Waals surface area contributed by atoms with Crippen LogP contribution in [-0.2, 0) is 36.1 Å². The second-order valence-corrected chi connectivity index (χ2v) is 10.1. The maximum Gasteiger partial charge on any atom is 0.475 e. The molecule has 3 atom stereocenters. The van der Waals surface area contributed by atoms with Crippen LogP contribution in [0.1, 0.15) is 23.8 Å². The molecule has 1 fully saturated rings. The van der Waals surface area contributed by atoms with Gasteiger partial charge in [-0.1, -0.05) is 60.7 Å². The minimum Gasteiger partial charge on any atom is -0.394 e. The lowest BCUT2D eigenvalue weighted by Crippen LogP contribution is -2.27. The number of aromatic nitrogens is 4. The first-order valence-corrected chi connectivity index (χ1v) is 13.3. The van der Waals surface area contributed by atoms with Gasteiger partial charge in [0.25, 0.3) is 0 Å². The lowest BCUT2D eigenvalue weighted by molar-refractivity contribution is -0.0458. The Hall–Kier alpha value is -3.18. The molecule has 4 aromatic rings. The standard InChI is InChI=1S/C25H28N5O6P/c1-26-24-23-25(28-16-27-24)30(17-29-23)22-12-20(21(13-31)35-22)36-37(32,33-14-18-8-4-2-5-9-18)34-15-19-10-6-3-7-11-19/h2-11,16-17,20-22,31H,12-15H2,1H3,(H,26,27,28)/t20-,21+,22+/m0/s1. The van der Waals surface area contributed by atoms with Gasteiger partial charge in [0.2, 0.25) is 0 Å². The Morgan fingerprint density at radius 2 is 1.68 bits per heavy atom. The second kappa shape index (κ2) is 11.5. The van der Waals surface area contributed by atoms with E-state index < -0.39 is 26.3 Å². The highest BCUT2D eigenvalue weighted by Gasteiger charge is 2.43. The predicted octanol–water partition coefficient (Wildman–Crippen LogP) is 4.07. The Balaban J connectivity index is 1.35. The van der Waals surface area contributed by atoms with Crippen LogP contribution in [0.5, 0.6) is 0 Å². The van der Waals surface area contributed by atoms with Crippen molar-refractivity contribution in [2.45, 2.75) is 38.1 Å². The van der Waals surface area contributed by atoms with E-state index in [1.54, 1.807) is 17.9 Å². The normalized spacial score (nSPS) is 19.9. The van der Waals surface area contributed by atoms with Gasteiger partial charge in [0.1, 0.15) is 30.3 Å². The van der Waals surface area contributed by atoms with Crippen molar-refractivity contribution in [1.82, 2.24) is 19.5 Å². The van der Waals surface area contributed by atoms with Gasteiger partial charge in [-0.3, -0.25) is 18.1 Å². The number of aliphatic hydroxyl groups is 1. The van der Waals surface area contributed by atoms with Crippen molar-refractivity contribution in [3.63, 3.8) is 0 Å². The van der Waals surface area contributed by atoms with Crippen molar-refractivity contribution in [3.8, 4) is 0 Å². The fourth-order valence-corrected chi connectivity index (χ4v) is 5.48. The Kier molecular flexibility index (Phi) is 7.90. The van der Waals surface area contributed by atoms with E-state index in [2.05, 4.69) is 20.3 Å². The van der Waals surface area contributed by atoms with Gasteiger partial charge in [-0.25, -0.2) is 19.5 Å². The van der Waals surface area contributed by atoms with Gasteiger partial charge >= 0.3 is 7.82 Å². The zero-order valence-corrected chi connectivity index (χ0v) is 21.1. The molecule has 5 rings (SSSR count). The van der Waals surface area contributed by atoms with Crippen LogP contribution in [-0.4, -0.2) is 50.5 Å². The molecule has 1 saturated heterocycles. The fourth-order valence-electron chi connectivity index (χ4n) is 4.11. The molecule has 1 aliphatic heterocycles. The Labute approximate surface area is 214 Å². The summed E-state index contributed by atoms with van der Waals surface area (Å²) >= 11 is 0. The number of rotatable bonds is 11. The number of anilines is 1. The SMILES string of the molecule is CNc1ncnc2c1ncn2[C@H]1C[C@H](OP(=O)(OCc2ccccc2)OCc2ccccc2)[C@@H](CO)O1. The molecule has 0 spiro atoms. The van der Waals surface area contributed by atoms with Crippen LogP contribution in [0.15, 0.2) is 73.3 Å². The van der Waals surface area contributed by atoms with Crippen molar-refractivity contribution in [3.05, 3.63) is 84.4 Å². The van der Waals surface area contributed by atoms with E-state index >= 15 is 0 Å². The number of fused-ring (bicyclic) bond motifs is 1. The molecule has 11 nitrogen and oxygen atoms in total. The van der Waals surface area contributed by atoms with Crippen LogP contribution >= 0.6 is 7.82 Å². The summed E-state index contributed by atoms with van der Waals surface area (Å²) in [4.78, 5) is 12.9. The lowest BCUT2D eigenvalue weighted by atomic mass is 10.2. The minimum absolute atomic E-state index is 0.0313. The molecule has 0 saturated carbocycles. The van der Waals surface area contributed by atoms with E-state index in [1.807, 2.05) is 60.7 Å². The van der Waals surface area contributed by atoms with Crippen LogP contribution in [0.25, 0.3) is 11.2 Å². The van der Waals surface area contributed by atoms with Gasteiger partial charge < -0.3 is 15.2 Å². The van der Waals surface area contributed by atoms with Crippen LogP contribution in [0, 0.1) is 0 Å². The average Bonchev–Trinajstić information content (AvgIpc) is 3.56. The second-order valence-electron chi connectivity index (χ2n) is 8.45. The molecule has 194 valence electrons. The number of nitrogens with one attached hydrogen (secondary N) is 1. The van der Waals surface area contributed by atoms with Crippen LogP contribution < -0.4 is 5.32 Å². The van der Waals surface area contributed by atoms with E-state index in [1.165, 1.54) is 6.33 Å². The van der Waals surface area contributed by atoms with Gasteiger partial charge in [0, 0.05) is 13.5 Å². The van der Waals surface area contributed by atoms with Gasteiger partial charge in [-0.2, -0.15) is 0 Å². The fraction of sp³-hybridized carbons (Fsp3) is 0.320. The van der Waals surface area contributed by atoms with Crippen molar-refractivity contribution >= 4 is 24.8 Å². The van der Waals surface area contributed by atoms with Crippen LogP contribution in [0.4, 0.5) is 5.82 Å². The highest BCUT2D eigenvalue weighted by atomic mass is 31.2. The molecule has 0 radical (unpaired) electrons. The zero-order valence-electron chi connectivity index (χ0n) is 20.2. The number of aliphatic hydroxyl groups excluding tert-OH is 1. The van der Waals surface area contributed by atoms with E-state index in [4.69, 9.17) is 18.3 Å². The Bertz CT molecular complexity index is 1310. The summed E-state index contributed by atoms with van der Waals surface area (Å²) in [5, 5.41) is 13.0. The maximum atomic E-state index is 13.8. The minimum atomic E-state index is -4.07. The molecular weight excluding hydrogens is 497 g/mol. The smallest absolute Gasteiger partial charge is 0.394 e. The number of benzene rings is 2. The summed E-state index contributed by atoms with van der Waals surface area (Å²) in [5.41, 5.74) is 2.78. The van der Waals surface area contributed by atoms with Gasteiger partial charge in [0.05, 0.1) is 26.1 Å². The quantitative estimate of drug-likeness (QED) is 0.276. The molecular formula is C25H28N5O6P. The third kappa shape index (κ3) is 5.88. The number of hydrogen-bond donors (Lipinski definition) is 2. The molecule has 2 aromatic heterocycles. The molecule has 0 amide bonds. The molecule has 0 aliphatic carbocycles. The number of hydrogen-bond acceptors (Lipinski definition) is 10. The predicted molar refractivity (Wildman–Crippen MR) is 135 cm³/mol. The Morgan fingerprint density at radius 3 is 2.27 bits per heavy atom. The topological polar surface area (TPSA) is 130 Å². The summed E-state index contributed by atoms with van der Waals surface area (Å²) < 4.78 is 39.1. The summed E-state index contributed by atoms with van der Waals surface area (Å²) in [6.45, 7) is -0.283. The zero-order chi connectivity index (χ0) is 25.7. The van der Waals surface area contributed by atoms with Gasteiger partial charge in [-0.05, 0) is 11.1 Å². The third-order valence-corrected chi connectivity index (χ3v) is 7.41. The van der Waals surface area contributed by atoms with Crippen molar-refractivity contribution < 1.29 is 28.0 Å². The molecule has 2 N–H and O–H groups in total. The molecule has 37 heavy (non-hydrogen) atoms. The summed E-state index contributed by atoms with van der Waals surface area (Å²) in [7, 11) is -2.31. The molecule has 12 heteroatoms. The van der Waals surface area contributed by atoms with Crippen LogP contribution in [0.2, 0.25) is 0 Å². The summed E-state index contributed by atoms with van der Waals surface area (Å²) in [6.07, 6.45) is 1.20. The number of phosphoric acid groups is 1. The first-order chi connectivity index (χ1) is 18.1. The van der Waals surface area contributed by atoms with Crippen molar-refractivity contribution in [2.75, 3.05) is 19.0 Å². The molecule has 2 aromatic carbocycles. The first-order valence-electron chi connectivity index (χ1n) is 11.9. The number of ether oxygens (including phenoxy) is 1. The highest BCUT2D eigenvalue weighted by Crippen LogP contribution is 2.54. The van der Waals surface area contributed by atoms with Crippen molar-refractivity contribution in [2.24, 2.45) is 0 Å². The molecule has 3 heterocycles. The Morgan fingerprint density at radius 1 is 1.03 bits per heavy atom. The van der Waals surface area contributed by atoms with E-state index in [0.29, 0.717) is 17.0 Å². The van der Waals surface area contributed by atoms with E-state index in [-0.39, 0.29) is 26.2 Å². The lowest BCUT2D eigenvalue weighted by Gasteiger charge is -2.23. The number of nitrogens with zero attached hydrogens (tertiary/aromatic N) is 4. The van der Waals surface area contributed by atoms with Crippen LogP contribution in [0.3, 0.4) is 0 Å². The molecule has 0 bridgehead atoms. The third-order valence-electron chi connectivity index (χ3n) is 6.00. The first kappa shape index (κ1) is 25.5. The van der Waals surface area contributed by atoms with Crippen molar-refractivity contribution in [1.29, 1.82) is 0 Å². The van der Waals surface area contributed by atoms with Gasteiger partial charge in [-0.15, -0.1) is 0 Å². The number of phosphoric ester groups is 1. The molecule has 1 aliphatic rings. The largest absolute Gasteiger partial charge is 0.475 e.